The van der Waals surface area contributed by atoms with Gasteiger partial charge in [-0.1, -0.05) is 13.8 Å². The van der Waals surface area contributed by atoms with Crippen molar-refractivity contribution in [1.29, 1.82) is 0 Å². The number of carbonyl (C=O) groups is 2. The predicted octanol–water partition coefficient (Wildman–Crippen LogP) is 0.803. The second-order valence-electron chi connectivity index (χ2n) is 3.70. The fourth-order valence-corrected chi connectivity index (χ4v) is 1.12. The average Bonchev–Trinajstić information content (AvgIpc) is 2.63. The second kappa shape index (κ2) is 2.77. The number of aliphatic carboxylic acids is 1. The van der Waals surface area contributed by atoms with Gasteiger partial charge in [0.25, 0.3) is 0 Å². The average molecular weight is 172 g/mol. The molecule has 1 aliphatic rings. The highest BCUT2D eigenvalue weighted by atomic mass is 16.6. The molecule has 0 bridgehead atoms. The van der Waals surface area contributed by atoms with Crippen molar-refractivity contribution in [3.05, 3.63) is 0 Å². The molecule has 0 aromatic heterocycles. The van der Waals surface area contributed by atoms with Crippen LogP contribution in [0, 0.1) is 5.41 Å². The Hall–Kier alpha value is -1.06. The van der Waals surface area contributed by atoms with Crippen molar-refractivity contribution in [1.82, 2.24) is 0 Å². The van der Waals surface area contributed by atoms with Crippen molar-refractivity contribution >= 4 is 11.9 Å². The second-order valence-corrected chi connectivity index (χ2v) is 3.70. The lowest BCUT2D eigenvalue weighted by Gasteiger charge is -2.18. The van der Waals surface area contributed by atoms with E-state index in [4.69, 9.17) is 5.11 Å². The maximum absolute atomic E-state index is 10.6. The summed E-state index contributed by atoms with van der Waals surface area (Å²) in [5.41, 5.74) is -0.338. The van der Waals surface area contributed by atoms with Crippen molar-refractivity contribution in [2.24, 2.45) is 5.41 Å². The standard InChI is InChI=1S/C8H12O4/c1-8(2,4-3-5(9)10)6-7(11)12-6/h6H,3-4H2,1-2H3,(H,9,10). The van der Waals surface area contributed by atoms with Crippen molar-refractivity contribution in [2.45, 2.75) is 32.8 Å². The SMILES string of the molecule is CC(C)(CCC(=O)O)C1OC1=O. The van der Waals surface area contributed by atoms with E-state index in [2.05, 4.69) is 4.74 Å². The van der Waals surface area contributed by atoms with Crippen LogP contribution in [0.3, 0.4) is 0 Å². The molecule has 0 saturated carbocycles. The van der Waals surface area contributed by atoms with E-state index in [1.807, 2.05) is 13.8 Å². The smallest absolute Gasteiger partial charge is 0.348 e. The quantitative estimate of drug-likeness (QED) is 0.637. The lowest BCUT2D eigenvalue weighted by atomic mass is 9.84. The minimum atomic E-state index is -0.837. The fraction of sp³-hybridized carbons (Fsp3) is 0.750. The van der Waals surface area contributed by atoms with Crippen LogP contribution in [0.5, 0.6) is 0 Å². The molecule has 12 heavy (non-hydrogen) atoms. The molecule has 4 heteroatoms. The first-order valence-electron chi connectivity index (χ1n) is 3.86. The van der Waals surface area contributed by atoms with Gasteiger partial charge in [0.15, 0.2) is 0 Å². The molecule has 1 aliphatic heterocycles. The van der Waals surface area contributed by atoms with Gasteiger partial charge in [-0.2, -0.15) is 0 Å². The Morgan fingerprint density at radius 1 is 1.67 bits per heavy atom. The summed E-state index contributed by atoms with van der Waals surface area (Å²) in [5.74, 6) is -1.05. The van der Waals surface area contributed by atoms with Crippen LogP contribution < -0.4 is 0 Å². The Labute approximate surface area is 70.5 Å². The molecule has 1 N–H and O–H groups in total. The Balaban J connectivity index is 2.38. The molecular formula is C8H12O4. The molecule has 0 radical (unpaired) electrons. The lowest BCUT2D eigenvalue weighted by Crippen LogP contribution is -2.21. The zero-order valence-electron chi connectivity index (χ0n) is 7.16. The maximum Gasteiger partial charge on any atom is 0.348 e. The van der Waals surface area contributed by atoms with Crippen molar-refractivity contribution in [3.63, 3.8) is 0 Å². The molecule has 1 atom stereocenters. The molecule has 0 aliphatic carbocycles. The minimum Gasteiger partial charge on any atom is -0.481 e. The largest absolute Gasteiger partial charge is 0.481 e. The first-order valence-corrected chi connectivity index (χ1v) is 3.86. The molecule has 1 fully saturated rings. The molecule has 0 aromatic carbocycles. The summed E-state index contributed by atoms with van der Waals surface area (Å²) < 4.78 is 4.68. The summed E-state index contributed by atoms with van der Waals surface area (Å²) in [6.45, 7) is 3.68. The van der Waals surface area contributed by atoms with Gasteiger partial charge >= 0.3 is 11.9 Å². The molecular weight excluding hydrogens is 160 g/mol. The van der Waals surface area contributed by atoms with E-state index in [-0.39, 0.29) is 23.9 Å². The van der Waals surface area contributed by atoms with E-state index >= 15 is 0 Å². The number of hydrogen-bond acceptors (Lipinski definition) is 3. The van der Waals surface area contributed by atoms with Gasteiger partial charge in [0.2, 0.25) is 6.10 Å². The molecule has 0 aromatic rings. The normalized spacial score (nSPS) is 21.8. The third kappa shape index (κ3) is 1.96. The molecule has 0 amide bonds. The minimum absolute atomic E-state index is 0.0835. The van der Waals surface area contributed by atoms with Gasteiger partial charge in [0.1, 0.15) is 0 Å². The summed E-state index contributed by atoms with van der Waals surface area (Å²) in [6.07, 6.45) is 0.177. The number of carboxylic acids is 1. The van der Waals surface area contributed by atoms with Gasteiger partial charge in [-0.25, -0.2) is 4.79 Å². The monoisotopic (exact) mass is 172 g/mol. The highest BCUT2D eigenvalue weighted by molar-refractivity contribution is 5.88. The van der Waals surface area contributed by atoms with Crippen LogP contribution in [0.2, 0.25) is 0 Å². The van der Waals surface area contributed by atoms with Crippen LogP contribution in [0.4, 0.5) is 0 Å². The number of hydrogen-bond donors (Lipinski definition) is 1. The Morgan fingerprint density at radius 3 is 2.50 bits per heavy atom. The third-order valence-electron chi connectivity index (χ3n) is 2.08. The molecule has 1 saturated heterocycles. The van der Waals surface area contributed by atoms with Crippen molar-refractivity contribution < 1.29 is 19.4 Å². The van der Waals surface area contributed by atoms with Gasteiger partial charge in [-0.15, -0.1) is 0 Å². The van der Waals surface area contributed by atoms with Gasteiger partial charge in [-0.3, -0.25) is 4.79 Å². The predicted molar refractivity (Wildman–Crippen MR) is 40.5 cm³/mol. The number of cyclic esters (lactones) is 1. The third-order valence-corrected chi connectivity index (χ3v) is 2.08. The van der Waals surface area contributed by atoms with E-state index in [1.165, 1.54) is 0 Å². The Bertz CT molecular complexity index is 219. The van der Waals surface area contributed by atoms with E-state index < -0.39 is 5.97 Å². The molecule has 1 heterocycles. The van der Waals surface area contributed by atoms with Crippen LogP contribution in [0.15, 0.2) is 0 Å². The van der Waals surface area contributed by atoms with E-state index in [0.29, 0.717) is 6.42 Å². The number of carboxylic acid groups (broad SMARTS) is 1. The first kappa shape index (κ1) is 9.03. The molecule has 4 nitrogen and oxygen atoms in total. The van der Waals surface area contributed by atoms with E-state index in [9.17, 15) is 9.59 Å². The number of epoxide rings is 1. The van der Waals surface area contributed by atoms with Gasteiger partial charge in [0, 0.05) is 11.8 Å². The van der Waals surface area contributed by atoms with Gasteiger partial charge in [-0.05, 0) is 6.42 Å². The molecule has 1 unspecified atom stereocenters. The van der Waals surface area contributed by atoms with Crippen LogP contribution in [-0.4, -0.2) is 23.1 Å². The zero-order valence-corrected chi connectivity index (χ0v) is 7.16. The molecule has 1 rings (SSSR count). The Kier molecular flexibility index (Phi) is 2.08. The van der Waals surface area contributed by atoms with E-state index in [1.54, 1.807) is 0 Å². The molecule has 0 spiro atoms. The number of rotatable bonds is 4. The lowest BCUT2D eigenvalue weighted by molar-refractivity contribution is -0.137. The molecule has 68 valence electrons. The topological polar surface area (TPSA) is 66.9 Å². The van der Waals surface area contributed by atoms with Gasteiger partial charge in [0.05, 0.1) is 0 Å². The fourth-order valence-electron chi connectivity index (χ4n) is 1.12. The van der Waals surface area contributed by atoms with Crippen molar-refractivity contribution in [3.8, 4) is 0 Å². The van der Waals surface area contributed by atoms with E-state index in [0.717, 1.165) is 0 Å². The zero-order chi connectivity index (χ0) is 9.35. The maximum atomic E-state index is 10.6. The summed E-state index contributed by atoms with van der Waals surface area (Å²) in [5, 5.41) is 8.42. The number of ether oxygens (including phenoxy) is 1. The summed E-state index contributed by atoms with van der Waals surface area (Å²) in [6, 6.07) is 0. The Morgan fingerprint density at radius 2 is 2.17 bits per heavy atom. The summed E-state index contributed by atoms with van der Waals surface area (Å²) in [7, 11) is 0. The van der Waals surface area contributed by atoms with Crippen LogP contribution in [0.1, 0.15) is 26.7 Å². The van der Waals surface area contributed by atoms with Crippen molar-refractivity contribution in [2.75, 3.05) is 0 Å². The number of carbonyl (C=O) groups excluding carboxylic acids is 1. The summed E-state index contributed by atoms with van der Waals surface area (Å²) in [4.78, 5) is 20.9. The van der Waals surface area contributed by atoms with Crippen LogP contribution >= 0.6 is 0 Å². The highest BCUT2D eigenvalue weighted by Crippen LogP contribution is 2.37. The van der Waals surface area contributed by atoms with Gasteiger partial charge < -0.3 is 9.84 Å². The van der Waals surface area contributed by atoms with Crippen LogP contribution in [0.25, 0.3) is 0 Å². The summed E-state index contributed by atoms with van der Waals surface area (Å²) >= 11 is 0. The first-order chi connectivity index (χ1) is 5.43. The van der Waals surface area contributed by atoms with Crippen LogP contribution in [-0.2, 0) is 14.3 Å². The highest BCUT2D eigenvalue weighted by Gasteiger charge is 2.50.